The van der Waals surface area contributed by atoms with Gasteiger partial charge in [0.25, 0.3) is 0 Å². The van der Waals surface area contributed by atoms with E-state index in [1.165, 1.54) is 11.3 Å². The van der Waals surface area contributed by atoms with Crippen LogP contribution in [-0.2, 0) is 0 Å². The molecule has 6 heteroatoms. The third-order valence-corrected chi connectivity index (χ3v) is 4.05. The molecule has 0 aromatic carbocycles. The maximum Gasteiger partial charge on any atom is 0.336 e. The monoisotopic (exact) mass is 296 g/mol. The number of pyridine rings is 1. The zero-order chi connectivity index (χ0) is 14.0. The van der Waals surface area contributed by atoms with Crippen molar-refractivity contribution >= 4 is 34.6 Å². The van der Waals surface area contributed by atoms with Gasteiger partial charge < -0.3 is 10.4 Å². The highest BCUT2D eigenvalue weighted by atomic mass is 35.5. The van der Waals surface area contributed by atoms with Gasteiger partial charge in [0.2, 0.25) is 0 Å². The molecule has 2 rings (SSSR count). The number of halogens is 1. The van der Waals surface area contributed by atoms with E-state index in [1.807, 2.05) is 13.8 Å². The maximum atomic E-state index is 11.1. The molecule has 19 heavy (non-hydrogen) atoms. The highest BCUT2D eigenvalue weighted by Gasteiger charge is 2.17. The average molecular weight is 297 g/mol. The van der Waals surface area contributed by atoms with E-state index in [0.717, 1.165) is 16.3 Å². The number of carboxylic acids is 1. The molecule has 0 saturated heterocycles. The number of aromatic nitrogens is 1. The van der Waals surface area contributed by atoms with Crippen molar-refractivity contribution in [3.63, 3.8) is 0 Å². The van der Waals surface area contributed by atoms with Gasteiger partial charge in [-0.2, -0.15) is 0 Å². The summed E-state index contributed by atoms with van der Waals surface area (Å²) in [5.74, 6) is -0.911. The van der Waals surface area contributed by atoms with E-state index >= 15 is 0 Å². The second-order valence-corrected chi connectivity index (χ2v) is 5.54. The third-order valence-electron chi connectivity index (χ3n) is 2.74. The molecule has 1 unspecified atom stereocenters. The number of aromatic carboxylic acids is 1. The second kappa shape index (κ2) is 5.59. The third kappa shape index (κ3) is 3.05. The Morgan fingerprint density at radius 3 is 3.00 bits per heavy atom. The largest absolute Gasteiger partial charge is 0.478 e. The molecule has 0 spiro atoms. The standard InChI is InChI=1S/C13H13ClN2O2S/c1-7-11(5-9(14)6-15-7)16-8(2)12-10(13(17)18)3-4-19-12/h3-6,8,16H,1-2H3,(H,17,18). The fourth-order valence-corrected chi connectivity index (χ4v) is 2.84. The fraction of sp³-hybridized carbons (Fsp3) is 0.231. The fourth-order valence-electron chi connectivity index (χ4n) is 1.79. The summed E-state index contributed by atoms with van der Waals surface area (Å²) >= 11 is 7.33. The minimum atomic E-state index is -0.911. The Kier molecular flexibility index (Phi) is 4.07. The van der Waals surface area contributed by atoms with Crippen LogP contribution in [0.5, 0.6) is 0 Å². The molecule has 0 radical (unpaired) electrons. The van der Waals surface area contributed by atoms with E-state index in [4.69, 9.17) is 16.7 Å². The molecular formula is C13H13ClN2O2S. The van der Waals surface area contributed by atoms with Gasteiger partial charge in [-0.05, 0) is 31.4 Å². The molecule has 1 atom stereocenters. The minimum Gasteiger partial charge on any atom is -0.478 e. The van der Waals surface area contributed by atoms with Gasteiger partial charge in [-0.1, -0.05) is 11.6 Å². The Labute approximate surface area is 120 Å². The average Bonchev–Trinajstić information content (AvgIpc) is 2.83. The molecule has 2 aromatic heterocycles. The van der Waals surface area contributed by atoms with Gasteiger partial charge >= 0.3 is 5.97 Å². The van der Waals surface area contributed by atoms with E-state index in [1.54, 1.807) is 23.7 Å². The molecule has 0 fully saturated rings. The van der Waals surface area contributed by atoms with Crippen molar-refractivity contribution in [2.24, 2.45) is 0 Å². The highest BCUT2D eigenvalue weighted by molar-refractivity contribution is 7.10. The number of nitrogens with one attached hydrogen (secondary N) is 1. The number of anilines is 1. The van der Waals surface area contributed by atoms with Gasteiger partial charge in [0.15, 0.2) is 0 Å². The lowest BCUT2D eigenvalue weighted by atomic mass is 10.1. The number of hydrogen-bond acceptors (Lipinski definition) is 4. The predicted octanol–water partition coefficient (Wildman–Crippen LogP) is 3.98. The van der Waals surface area contributed by atoms with Crippen LogP contribution in [0.2, 0.25) is 5.02 Å². The van der Waals surface area contributed by atoms with Gasteiger partial charge in [0.05, 0.1) is 28.0 Å². The first-order chi connectivity index (χ1) is 8.99. The molecular weight excluding hydrogens is 284 g/mol. The van der Waals surface area contributed by atoms with Crippen LogP contribution in [0, 0.1) is 6.92 Å². The van der Waals surface area contributed by atoms with Crippen molar-refractivity contribution in [2.75, 3.05) is 5.32 Å². The summed E-state index contributed by atoms with van der Waals surface area (Å²) < 4.78 is 0. The van der Waals surface area contributed by atoms with Crippen molar-refractivity contribution in [1.82, 2.24) is 4.98 Å². The summed E-state index contributed by atoms with van der Waals surface area (Å²) in [5, 5.41) is 14.7. The molecule has 2 aromatic rings. The molecule has 100 valence electrons. The molecule has 2 N–H and O–H groups in total. The molecule has 0 bridgehead atoms. The molecule has 0 saturated carbocycles. The molecule has 0 aliphatic rings. The van der Waals surface area contributed by atoms with Crippen LogP contribution in [0.3, 0.4) is 0 Å². The Bertz CT molecular complexity index is 612. The van der Waals surface area contributed by atoms with Crippen LogP contribution >= 0.6 is 22.9 Å². The van der Waals surface area contributed by atoms with Gasteiger partial charge in [-0.3, -0.25) is 4.98 Å². The lowest BCUT2D eigenvalue weighted by Gasteiger charge is -2.16. The Morgan fingerprint density at radius 1 is 1.58 bits per heavy atom. The molecule has 2 heterocycles. The van der Waals surface area contributed by atoms with Crippen LogP contribution in [0.1, 0.15) is 33.9 Å². The zero-order valence-electron chi connectivity index (χ0n) is 10.5. The second-order valence-electron chi connectivity index (χ2n) is 4.16. The quantitative estimate of drug-likeness (QED) is 0.896. The Hall–Kier alpha value is -1.59. The van der Waals surface area contributed by atoms with E-state index in [9.17, 15) is 4.79 Å². The van der Waals surface area contributed by atoms with Crippen molar-refractivity contribution < 1.29 is 9.90 Å². The lowest BCUT2D eigenvalue weighted by Crippen LogP contribution is -2.10. The van der Waals surface area contributed by atoms with Crippen LogP contribution in [-0.4, -0.2) is 16.1 Å². The normalized spacial score (nSPS) is 12.2. The molecule has 0 amide bonds. The topological polar surface area (TPSA) is 62.2 Å². The SMILES string of the molecule is Cc1ncc(Cl)cc1NC(C)c1sccc1C(=O)O. The van der Waals surface area contributed by atoms with Gasteiger partial charge in [-0.15, -0.1) is 11.3 Å². The molecule has 0 aliphatic heterocycles. The number of carbonyl (C=O) groups is 1. The lowest BCUT2D eigenvalue weighted by molar-refractivity contribution is 0.0696. The molecule has 0 aliphatic carbocycles. The predicted molar refractivity (Wildman–Crippen MR) is 77.3 cm³/mol. The first kappa shape index (κ1) is 13.8. The number of nitrogens with zero attached hydrogens (tertiary/aromatic N) is 1. The summed E-state index contributed by atoms with van der Waals surface area (Å²) in [6, 6.07) is 3.28. The summed E-state index contributed by atoms with van der Waals surface area (Å²) in [6.45, 7) is 3.79. The van der Waals surface area contributed by atoms with E-state index in [-0.39, 0.29) is 6.04 Å². The van der Waals surface area contributed by atoms with E-state index in [2.05, 4.69) is 10.3 Å². The number of rotatable bonds is 4. The smallest absolute Gasteiger partial charge is 0.336 e. The van der Waals surface area contributed by atoms with Crippen molar-refractivity contribution in [3.05, 3.63) is 44.9 Å². The summed E-state index contributed by atoms with van der Waals surface area (Å²) in [4.78, 5) is 16.1. The summed E-state index contributed by atoms with van der Waals surface area (Å²) in [5.41, 5.74) is 1.96. The van der Waals surface area contributed by atoms with E-state index < -0.39 is 5.97 Å². The number of thiophene rings is 1. The van der Waals surface area contributed by atoms with Gasteiger partial charge in [0, 0.05) is 11.1 Å². The first-order valence-electron chi connectivity index (χ1n) is 5.68. The van der Waals surface area contributed by atoms with Crippen molar-refractivity contribution in [2.45, 2.75) is 19.9 Å². The first-order valence-corrected chi connectivity index (χ1v) is 6.94. The Morgan fingerprint density at radius 2 is 2.32 bits per heavy atom. The van der Waals surface area contributed by atoms with Crippen LogP contribution in [0.15, 0.2) is 23.7 Å². The van der Waals surface area contributed by atoms with Crippen molar-refractivity contribution in [1.29, 1.82) is 0 Å². The Balaban J connectivity index is 2.25. The number of hydrogen-bond donors (Lipinski definition) is 2. The summed E-state index contributed by atoms with van der Waals surface area (Å²) in [6.07, 6.45) is 1.58. The van der Waals surface area contributed by atoms with Gasteiger partial charge in [0.1, 0.15) is 0 Å². The molecule has 4 nitrogen and oxygen atoms in total. The van der Waals surface area contributed by atoms with Crippen LogP contribution < -0.4 is 5.32 Å². The van der Waals surface area contributed by atoms with Crippen LogP contribution in [0.25, 0.3) is 0 Å². The number of carboxylic acid groups (broad SMARTS) is 1. The van der Waals surface area contributed by atoms with E-state index in [0.29, 0.717) is 10.6 Å². The minimum absolute atomic E-state index is 0.120. The zero-order valence-corrected chi connectivity index (χ0v) is 12.0. The van der Waals surface area contributed by atoms with Crippen molar-refractivity contribution in [3.8, 4) is 0 Å². The van der Waals surface area contributed by atoms with Crippen LogP contribution in [0.4, 0.5) is 5.69 Å². The maximum absolute atomic E-state index is 11.1. The number of aryl methyl sites for hydroxylation is 1. The van der Waals surface area contributed by atoms with Gasteiger partial charge in [-0.25, -0.2) is 4.79 Å². The highest BCUT2D eigenvalue weighted by Crippen LogP contribution is 2.29. The summed E-state index contributed by atoms with van der Waals surface area (Å²) in [7, 11) is 0.